The van der Waals surface area contributed by atoms with Gasteiger partial charge in [0.05, 0.1) is 0 Å². The summed E-state index contributed by atoms with van der Waals surface area (Å²) in [6, 6.07) is 5.50. The Morgan fingerprint density at radius 1 is 1.37 bits per heavy atom. The van der Waals surface area contributed by atoms with Crippen LogP contribution >= 0.6 is 0 Å². The zero-order chi connectivity index (χ0) is 14.4. The van der Waals surface area contributed by atoms with Crippen LogP contribution in [0.4, 0.5) is 5.69 Å². The van der Waals surface area contributed by atoms with Gasteiger partial charge in [-0.1, -0.05) is 6.07 Å². The minimum absolute atomic E-state index is 0.0368. The van der Waals surface area contributed by atoms with E-state index in [4.69, 9.17) is 5.11 Å². The highest BCUT2D eigenvalue weighted by Gasteiger charge is 2.12. The number of rotatable bonds is 6. The lowest BCUT2D eigenvalue weighted by molar-refractivity contribution is -0.137. The Hall–Kier alpha value is -2.04. The van der Waals surface area contributed by atoms with Crippen molar-refractivity contribution in [1.82, 2.24) is 5.32 Å². The van der Waals surface area contributed by atoms with Gasteiger partial charge in [-0.15, -0.1) is 0 Å². The topological polar surface area (TPSA) is 78.4 Å². The van der Waals surface area contributed by atoms with Gasteiger partial charge in [0.25, 0.3) is 5.91 Å². The number of amides is 1. The fraction of sp³-hybridized carbons (Fsp3) is 0.429. The van der Waals surface area contributed by atoms with Crippen molar-refractivity contribution in [3.8, 4) is 0 Å². The van der Waals surface area contributed by atoms with Crippen LogP contribution < -0.4 is 10.6 Å². The summed E-state index contributed by atoms with van der Waals surface area (Å²) in [6.07, 6.45) is 0.668. The van der Waals surface area contributed by atoms with Gasteiger partial charge in [-0.25, -0.2) is 0 Å². The van der Waals surface area contributed by atoms with Crippen LogP contribution in [0.3, 0.4) is 0 Å². The fourth-order valence-electron chi connectivity index (χ4n) is 1.85. The normalized spacial score (nSPS) is 11.7. The van der Waals surface area contributed by atoms with Gasteiger partial charge in [0.1, 0.15) is 0 Å². The van der Waals surface area contributed by atoms with E-state index in [1.54, 1.807) is 13.1 Å². The highest BCUT2D eigenvalue weighted by Crippen LogP contribution is 2.20. The average molecular weight is 264 g/mol. The van der Waals surface area contributed by atoms with Crippen molar-refractivity contribution in [3.05, 3.63) is 29.3 Å². The maximum Gasteiger partial charge on any atom is 0.303 e. The maximum absolute atomic E-state index is 11.7. The molecule has 104 valence electrons. The number of hydrogen-bond acceptors (Lipinski definition) is 3. The molecule has 5 nitrogen and oxygen atoms in total. The van der Waals surface area contributed by atoms with Gasteiger partial charge >= 0.3 is 5.97 Å². The van der Waals surface area contributed by atoms with Gasteiger partial charge in [-0.3, -0.25) is 9.59 Å². The summed E-state index contributed by atoms with van der Waals surface area (Å²) in [7, 11) is 1.59. The minimum Gasteiger partial charge on any atom is -0.481 e. The molecule has 3 N–H and O–H groups in total. The minimum atomic E-state index is -0.801. The highest BCUT2D eigenvalue weighted by atomic mass is 16.4. The van der Waals surface area contributed by atoms with Crippen LogP contribution in [0.5, 0.6) is 0 Å². The molecule has 0 fully saturated rings. The summed E-state index contributed by atoms with van der Waals surface area (Å²) in [5.74, 6) is -0.927. The van der Waals surface area contributed by atoms with Gasteiger partial charge < -0.3 is 15.7 Å². The van der Waals surface area contributed by atoms with Gasteiger partial charge in [0.15, 0.2) is 0 Å². The Labute approximate surface area is 113 Å². The summed E-state index contributed by atoms with van der Waals surface area (Å²) in [4.78, 5) is 22.2. The summed E-state index contributed by atoms with van der Waals surface area (Å²) >= 11 is 0. The van der Waals surface area contributed by atoms with E-state index in [0.29, 0.717) is 12.0 Å². The van der Waals surface area contributed by atoms with E-state index in [-0.39, 0.29) is 18.4 Å². The van der Waals surface area contributed by atoms with Crippen LogP contribution in [0.1, 0.15) is 35.7 Å². The van der Waals surface area contributed by atoms with Gasteiger partial charge in [-0.05, 0) is 38.0 Å². The molecule has 0 aliphatic carbocycles. The number of carbonyl (C=O) groups is 2. The number of aliphatic carboxylic acids is 1. The van der Waals surface area contributed by atoms with Crippen molar-refractivity contribution < 1.29 is 14.7 Å². The van der Waals surface area contributed by atoms with Crippen LogP contribution in [0.15, 0.2) is 18.2 Å². The van der Waals surface area contributed by atoms with Crippen molar-refractivity contribution >= 4 is 17.6 Å². The molecule has 0 bridgehead atoms. The molecule has 0 saturated heterocycles. The maximum atomic E-state index is 11.7. The SMILES string of the molecule is CNC(=O)c1cccc(NC(C)CCC(=O)O)c1C. The summed E-state index contributed by atoms with van der Waals surface area (Å²) < 4.78 is 0. The Morgan fingerprint density at radius 2 is 2.05 bits per heavy atom. The summed E-state index contributed by atoms with van der Waals surface area (Å²) in [6.45, 7) is 3.80. The third-order valence-electron chi connectivity index (χ3n) is 3.00. The Kier molecular flexibility index (Phi) is 5.36. The van der Waals surface area contributed by atoms with Crippen molar-refractivity contribution in [2.45, 2.75) is 32.7 Å². The van der Waals surface area contributed by atoms with Gasteiger partial charge in [-0.2, -0.15) is 0 Å². The lowest BCUT2D eigenvalue weighted by Crippen LogP contribution is -2.21. The van der Waals surface area contributed by atoms with Crippen molar-refractivity contribution in [1.29, 1.82) is 0 Å². The number of benzene rings is 1. The second-order valence-corrected chi connectivity index (χ2v) is 4.54. The van der Waals surface area contributed by atoms with E-state index in [2.05, 4.69) is 10.6 Å². The van der Waals surface area contributed by atoms with E-state index in [9.17, 15) is 9.59 Å². The van der Waals surface area contributed by atoms with Crippen LogP contribution in [-0.2, 0) is 4.79 Å². The Balaban J connectivity index is 2.78. The molecular weight excluding hydrogens is 244 g/mol. The number of nitrogens with one attached hydrogen (secondary N) is 2. The molecule has 0 radical (unpaired) electrons. The molecule has 0 aliphatic rings. The van der Waals surface area contributed by atoms with E-state index in [1.165, 1.54) is 0 Å². The van der Waals surface area contributed by atoms with E-state index in [0.717, 1.165) is 11.3 Å². The smallest absolute Gasteiger partial charge is 0.303 e. The van der Waals surface area contributed by atoms with E-state index in [1.807, 2.05) is 26.0 Å². The molecule has 1 atom stereocenters. The molecule has 1 aromatic carbocycles. The zero-order valence-electron chi connectivity index (χ0n) is 11.5. The first-order valence-corrected chi connectivity index (χ1v) is 6.25. The number of hydrogen-bond donors (Lipinski definition) is 3. The summed E-state index contributed by atoms with van der Waals surface area (Å²) in [5.41, 5.74) is 2.35. The molecule has 1 rings (SSSR count). The van der Waals surface area contributed by atoms with Crippen LogP contribution in [0, 0.1) is 6.92 Å². The number of carboxylic acids is 1. The third kappa shape index (κ3) is 4.28. The molecular formula is C14H20N2O3. The molecule has 0 spiro atoms. The predicted octanol–water partition coefficient (Wildman–Crippen LogP) is 2.02. The molecule has 0 aliphatic heterocycles. The average Bonchev–Trinajstić information content (AvgIpc) is 2.38. The standard InChI is InChI=1S/C14H20N2O3/c1-9(7-8-13(17)18)16-12-6-4-5-11(10(12)2)14(19)15-3/h4-6,9,16H,7-8H2,1-3H3,(H,15,19)(H,17,18). The van der Waals surface area contributed by atoms with Crippen molar-refractivity contribution in [3.63, 3.8) is 0 Å². The quantitative estimate of drug-likeness (QED) is 0.734. The first-order chi connectivity index (χ1) is 8.95. The van der Waals surface area contributed by atoms with Crippen molar-refractivity contribution in [2.24, 2.45) is 0 Å². The zero-order valence-corrected chi connectivity index (χ0v) is 11.5. The molecule has 1 aromatic rings. The van der Waals surface area contributed by atoms with E-state index < -0.39 is 5.97 Å². The monoisotopic (exact) mass is 264 g/mol. The molecule has 0 saturated carbocycles. The third-order valence-corrected chi connectivity index (χ3v) is 3.00. The second kappa shape index (κ2) is 6.78. The van der Waals surface area contributed by atoms with Gasteiger partial charge in [0.2, 0.25) is 0 Å². The second-order valence-electron chi connectivity index (χ2n) is 4.54. The van der Waals surface area contributed by atoms with Crippen molar-refractivity contribution in [2.75, 3.05) is 12.4 Å². The van der Waals surface area contributed by atoms with Crippen LogP contribution in [0.2, 0.25) is 0 Å². The molecule has 19 heavy (non-hydrogen) atoms. The molecule has 0 aromatic heterocycles. The first kappa shape index (κ1) is 15.0. The first-order valence-electron chi connectivity index (χ1n) is 6.25. The molecule has 5 heteroatoms. The number of carbonyl (C=O) groups excluding carboxylic acids is 1. The summed E-state index contributed by atoms with van der Waals surface area (Å²) in [5, 5.41) is 14.5. The fourth-order valence-corrected chi connectivity index (χ4v) is 1.85. The van der Waals surface area contributed by atoms with Crippen LogP contribution in [0.25, 0.3) is 0 Å². The highest BCUT2D eigenvalue weighted by molar-refractivity contribution is 5.96. The van der Waals surface area contributed by atoms with Crippen LogP contribution in [-0.4, -0.2) is 30.1 Å². The lowest BCUT2D eigenvalue weighted by atomic mass is 10.0. The largest absolute Gasteiger partial charge is 0.481 e. The van der Waals surface area contributed by atoms with E-state index >= 15 is 0 Å². The Bertz CT molecular complexity index is 472. The molecule has 1 amide bonds. The molecule has 0 heterocycles. The van der Waals surface area contributed by atoms with Gasteiger partial charge in [0, 0.05) is 30.8 Å². The lowest BCUT2D eigenvalue weighted by Gasteiger charge is -2.17. The molecule has 1 unspecified atom stereocenters. The Morgan fingerprint density at radius 3 is 2.63 bits per heavy atom. The predicted molar refractivity (Wildman–Crippen MR) is 74.5 cm³/mol. The number of anilines is 1. The number of carboxylic acid groups (broad SMARTS) is 1.